The largest absolute Gasteiger partial charge is 0.391 e. The molecule has 0 saturated carbocycles. The summed E-state index contributed by atoms with van der Waals surface area (Å²) in [4.78, 5) is 12.5. The Morgan fingerprint density at radius 2 is 2.29 bits per heavy atom. The molecule has 0 bridgehead atoms. The third kappa shape index (κ3) is 2.77. The highest BCUT2D eigenvalue weighted by atomic mass is 32.2. The van der Waals surface area contributed by atoms with Gasteiger partial charge in [0, 0.05) is 6.07 Å². The smallest absolute Gasteiger partial charge is 0.388 e. The average molecular weight is 259 g/mol. The Labute approximate surface area is 97.0 Å². The molecule has 0 atom stereocenters. The van der Waals surface area contributed by atoms with Gasteiger partial charge in [-0.1, -0.05) is 6.08 Å². The minimum absolute atomic E-state index is 0.252. The second-order valence-corrected chi connectivity index (χ2v) is 4.41. The number of aromatic nitrogens is 1. The summed E-state index contributed by atoms with van der Waals surface area (Å²) in [5.74, 6) is -0.728. The topological polar surface area (TPSA) is 125 Å². The van der Waals surface area contributed by atoms with Gasteiger partial charge in [0.25, 0.3) is 10.1 Å². The van der Waals surface area contributed by atoms with Crippen LogP contribution >= 0.6 is 0 Å². The molecule has 0 aliphatic carbocycles. The van der Waals surface area contributed by atoms with Crippen molar-refractivity contribution in [2.75, 3.05) is 12.3 Å². The predicted octanol–water partition coefficient (Wildman–Crippen LogP) is 0.463. The number of pyridine rings is 1. The van der Waals surface area contributed by atoms with E-state index in [2.05, 4.69) is 15.7 Å². The van der Waals surface area contributed by atoms with E-state index >= 15 is 0 Å². The van der Waals surface area contributed by atoms with Crippen LogP contribution in [0.25, 0.3) is 0 Å². The van der Waals surface area contributed by atoms with Crippen molar-refractivity contribution in [1.29, 1.82) is 0 Å². The number of hydrogen-bond acceptors (Lipinski definition) is 7. The second-order valence-electron chi connectivity index (χ2n) is 2.83. The van der Waals surface area contributed by atoms with Gasteiger partial charge in [0.2, 0.25) is 0 Å². The van der Waals surface area contributed by atoms with Gasteiger partial charge in [0.1, 0.15) is 11.1 Å². The maximum atomic E-state index is 11.6. The van der Waals surface area contributed by atoms with Crippen molar-refractivity contribution >= 4 is 21.6 Å². The average Bonchev–Trinajstić information content (AvgIpc) is 2.26. The van der Waals surface area contributed by atoms with Crippen LogP contribution in [0.1, 0.15) is 0 Å². The molecule has 92 valence electrons. The first-order valence-electron chi connectivity index (χ1n) is 4.29. The van der Waals surface area contributed by atoms with Crippen LogP contribution in [-0.2, 0) is 14.3 Å². The number of nitro groups is 1. The van der Waals surface area contributed by atoms with Gasteiger partial charge in [-0.2, -0.15) is 8.42 Å². The van der Waals surface area contributed by atoms with Crippen LogP contribution in [0.3, 0.4) is 0 Å². The quantitative estimate of drug-likeness (QED) is 0.352. The molecule has 9 heteroatoms. The van der Waals surface area contributed by atoms with Crippen LogP contribution in [0.2, 0.25) is 0 Å². The molecule has 0 aliphatic rings. The zero-order chi connectivity index (χ0) is 13.1. The summed E-state index contributed by atoms with van der Waals surface area (Å²) in [6, 6.07) is 1.03. The van der Waals surface area contributed by atoms with E-state index in [0.717, 1.165) is 12.3 Å². The van der Waals surface area contributed by atoms with Crippen molar-refractivity contribution in [3.8, 4) is 0 Å². The lowest BCUT2D eigenvalue weighted by Gasteiger charge is -2.05. The Morgan fingerprint density at radius 1 is 1.65 bits per heavy atom. The van der Waals surface area contributed by atoms with Crippen molar-refractivity contribution in [3.63, 3.8) is 0 Å². The lowest BCUT2D eigenvalue weighted by molar-refractivity contribution is -0.388. The van der Waals surface area contributed by atoms with Crippen LogP contribution in [0, 0.1) is 10.1 Å². The summed E-state index contributed by atoms with van der Waals surface area (Å²) in [6.45, 7) is 3.03. The first-order chi connectivity index (χ1) is 7.90. The second kappa shape index (κ2) is 4.89. The van der Waals surface area contributed by atoms with Crippen LogP contribution in [0.5, 0.6) is 0 Å². The van der Waals surface area contributed by atoms with Crippen LogP contribution < -0.4 is 5.73 Å². The lowest BCUT2D eigenvalue weighted by atomic mass is 10.4. The van der Waals surface area contributed by atoms with Crippen molar-refractivity contribution in [1.82, 2.24) is 4.98 Å². The number of hydrogen-bond donors (Lipinski definition) is 1. The molecule has 1 heterocycles. The SMILES string of the molecule is C=CCOS(=O)(=O)c1ccnc([N+](=O)[O-])c1N. The Balaban J connectivity index is 3.28. The Kier molecular flexibility index (Phi) is 3.76. The molecule has 17 heavy (non-hydrogen) atoms. The van der Waals surface area contributed by atoms with Crippen molar-refractivity contribution in [3.05, 3.63) is 35.0 Å². The van der Waals surface area contributed by atoms with E-state index in [1.165, 1.54) is 6.08 Å². The highest BCUT2D eigenvalue weighted by molar-refractivity contribution is 7.87. The molecule has 0 saturated heterocycles. The lowest BCUT2D eigenvalue weighted by Crippen LogP contribution is -2.11. The minimum Gasteiger partial charge on any atom is -0.391 e. The number of nitrogen functional groups attached to an aromatic ring is 1. The molecule has 1 aromatic rings. The monoisotopic (exact) mass is 259 g/mol. The van der Waals surface area contributed by atoms with E-state index in [4.69, 9.17) is 5.73 Å². The summed E-state index contributed by atoms with van der Waals surface area (Å²) in [5.41, 5.74) is 4.80. The van der Waals surface area contributed by atoms with Crippen molar-refractivity contribution in [2.45, 2.75) is 4.90 Å². The number of rotatable bonds is 5. The molecule has 1 aromatic heterocycles. The third-order valence-electron chi connectivity index (χ3n) is 1.71. The maximum absolute atomic E-state index is 11.6. The molecule has 2 N–H and O–H groups in total. The summed E-state index contributed by atoms with van der Waals surface area (Å²) in [7, 11) is -4.15. The van der Waals surface area contributed by atoms with E-state index in [9.17, 15) is 18.5 Å². The molecule has 0 aromatic carbocycles. The van der Waals surface area contributed by atoms with Gasteiger partial charge in [-0.15, -0.1) is 6.58 Å². The van der Waals surface area contributed by atoms with Gasteiger partial charge in [-0.05, 0) is 9.91 Å². The zero-order valence-electron chi connectivity index (χ0n) is 8.57. The first kappa shape index (κ1) is 13.1. The number of nitrogens with zero attached hydrogens (tertiary/aromatic N) is 2. The standard InChI is InChI=1S/C8H9N3O5S/c1-2-5-16-17(14,15)6-3-4-10-8(7(6)9)11(12)13/h2-4H,1,5,9H2. The summed E-state index contributed by atoms with van der Waals surface area (Å²) in [6.07, 6.45) is 2.20. The van der Waals surface area contributed by atoms with Gasteiger partial charge >= 0.3 is 5.82 Å². The zero-order valence-corrected chi connectivity index (χ0v) is 9.38. The number of nitrogens with two attached hydrogens (primary N) is 1. The first-order valence-corrected chi connectivity index (χ1v) is 5.70. The Morgan fingerprint density at radius 3 is 2.82 bits per heavy atom. The predicted molar refractivity (Wildman–Crippen MR) is 58.6 cm³/mol. The third-order valence-corrected chi connectivity index (χ3v) is 3.05. The van der Waals surface area contributed by atoms with Gasteiger partial charge < -0.3 is 15.8 Å². The summed E-state index contributed by atoms with van der Waals surface area (Å²) >= 11 is 0. The molecule has 0 radical (unpaired) electrons. The molecule has 0 unspecified atom stereocenters. The van der Waals surface area contributed by atoms with Gasteiger partial charge in [0.15, 0.2) is 5.69 Å². The number of anilines is 1. The van der Waals surface area contributed by atoms with Crippen molar-refractivity contribution < 1.29 is 17.5 Å². The molecule has 0 aliphatic heterocycles. The van der Waals surface area contributed by atoms with Crippen LogP contribution in [-0.4, -0.2) is 24.9 Å². The summed E-state index contributed by atoms with van der Waals surface area (Å²) in [5, 5.41) is 10.5. The fourth-order valence-corrected chi connectivity index (χ4v) is 2.00. The van der Waals surface area contributed by atoms with E-state index in [1.807, 2.05) is 0 Å². The van der Waals surface area contributed by atoms with Crippen LogP contribution in [0.15, 0.2) is 29.8 Å². The molecule has 0 amide bonds. The highest BCUT2D eigenvalue weighted by Gasteiger charge is 2.25. The van der Waals surface area contributed by atoms with Gasteiger partial charge in [-0.3, -0.25) is 4.18 Å². The van der Waals surface area contributed by atoms with E-state index in [0.29, 0.717) is 0 Å². The molecule has 0 fully saturated rings. The minimum atomic E-state index is -4.15. The van der Waals surface area contributed by atoms with E-state index in [1.54, 1.807) is 0 Å². The molecular formula is C8H9N3O5S. The highest BCUT2D eigenvalue weighted by Crippen LogP contribution is 2.26. The molecular weight excluding hydrogens is 250 g/mol. The molecule has 1 rings (SSSR count). The molecule has 8 nitrogen and oxygen atoms in total. The normalized spacial score (nSPS) is 11.1. The Bertz CT molecular complexity index is 554. The molecule has 0 spiro atoms. The van der Waals surface area contributed by atoms with Crippen molar-refractivity contribution in [2.24, 2.45) is 0 Å². The fourth-order valence-electron chi connectivity index (χ4n) is 1.01. The van der Waals surface area contributed by atoms with E-state index in [-0.39, 0.29) is 6.61 Å². The van der Waals surface area contributed by atoms with E-state index < -0.39 is 31.4 Å². The fraction of sp³-hybridized carbons (Fsp3) is 0.125. The summed E-state index contributed by atoms with van der Waals surface area (Å²) < 4.78 is 27.7. The Hall–Kier alpha value is -2.00. The van der Waals surface area contributed by atoms with Gasteiger partial charge in [-0.25, -0.2) is 0 Å². The van der Waals surface area contributed by atoms with Crippen LogP contribution in [0.4, 0.5) is 11.5 Å². The van der Waals surface area contributed by atoms with Gasteiger partial charge in [0.05, 0.1) is 6.61 Å². The maximum Gasteiger partial charge on any atom is 0.388 e.